The molecule has 3 aromatic rings. The van der Waals surface area contributed by atoms with E-state index in [2.05, 4.69) is 9.98 Å². The van der Waals surface area contributed by atoms with Gasteiger partial charge in [-0.1, -0.05) is 18.2 Å². The molecule has 7 heteroatoms. The Hall–Kier alpha value is -3.61. The molecular weight excluding hydrogens is 334 g/mol. The maximum absolute atomic E-state index is 12.2. The number of H-pyrrole nitrogens is 1. The van der Waals surface area contributed by atoms with Gasteiger partial charge < -0.3 is 10.2 Å². The summed E-state index contributed by atoms with van der Waals surface area (Å²) in [7, 11) is 0. The van der Waals surface area contributed by atoms with E-state index in [-0.39, 0.29) is 17.0 Å². The molecule has 0 radical (unpaired) electrons. The molecule has 0 aliphatic carbocycles. The molecule has 0 unspecified atom stereocenters. The molecule has 0 bridgehead atoms. The smallest absolute Gasteiger partial charge is 0.335 e. The minimum absolute atomic E-state index is 0.0675. The first kappa shape index (κ1) is 17.2. The molecule has 3 N–H and O–H groups in total. The Kier molecular flexibility index (Phi) is 4.45. The number of hydrogen-bond donors (Lipinski definition) is 3. The molecule has 0 amide bonds. The number of aromatic amines is 1. The quantitative estimate of drug-likeness (QED) is 0.629. The third-order valence-corrected chi connectivity index (χ3v) is 4.08. The number of aryl methyl sites for hydroxylation is 2. The highest BCUT2D eigenvalue weighted by Crippen LogP contribution is 2.25. The molecule has 132 valence electrons. The minimum Gasteiger partial charge on any atom is -0.506 e. The van der Waals surface area contributed by atoms with Gasteiger partial charge in [0, 0.05) is 6.21 Å². The van der Waals surface area contributed by atoms with Crippen LogP contribution in [0.4, 0.5) is 5.69 Å². The number of para-hydroxylation sites is 2. The number of aromatic nitrogens is 2. The summed E-state index contributed by atoms with van der Waals surface area (Å²) >= 11 is 0. The van der Waals surface area contributed by atoms with Crippen LogP contribution in [0.5, 0.6) is 11.6 Å². The van der Waals surface area contributed by atoms with Crippen molar-refractivity contribution in [2.24, 2.45) is 4.99 Å². The second-order valence-corrected chi connectivity index (χ2v) is 5.85. The number of aromatic hydroxyl groups is 2. The lowest BCUT2D eigenvalue weighted by atomic mass is 10.1. The monoisotopic (exact) mass is 351 g/mol. The highest BCUT2D eigenvalue weighted by molar-refractivity contribution is 5.84. The van der Waals surface area contributed by atoms with E-state index in [1.54, 1.807) is 30.3 Å². The van der Waals surface area contributed by atoms with Crippen molar-refractivity contribution in [3.8, 4) is 17.3 Å². The molecule has 0 fully saturated rings. The molecular formula is C19H17N3O4. The van der Waals surface area contributed by atoms with Crippen LogP contribution >= 0.6 is 0 Å². The van der Waals surface area contributed by atoms with Gasteiger partial charge >= 0.3 is 5.69 Å². The summed E-state index contributed by atoms with van der Waals surface area (Å²) in [6.45, 7) is 3.81. The van der Waals surface area contributed by atoms with Crippen LogP contribution in [0.1, 0.15) is 16.7 Å². The number of phenols is 1. The lowest BCUT2D eigenvalue weighted by Crippen LogP contribution is -2.31. The molecule has 0 spiro atoms. The summed E-state index contributed by atoms with van der Waals surface area (Å²) in [6.07, 6.45) is 1.11. The highest BCUT2D eigenvalue weighted by Gasteiger charge is 2.14. The Bertz CT molecular complexity index is 1130. The van der Waals surface area contributed by atoms with Crippen molar-refractivity contribution < 1.29 is 10.2 Å². The molecule has 1 heterocycles. The second-order valence-electron chi connectivity index (χ2n) is 5.85. The van der Waals surface area contributed by atoms with E-state index in [1.165, 1.54) is 6.07 Å². The number of aliphatic imine (C=N–C) groups is 1. The van der Waals surface area contributed by atoms with Gasteiger partial charge in [-0.05, 0) is 49.2 Å². The topological polar surface area (TPSA) is 108 Å². The number of phenolic OH excluding ortho intramolecular Hbond substituents is 1. The van der Waals surface area contributed by atoms with Crippen LogP contribution in [0.2, 0.25) is 0 Å². The Labute approximate surface area is 148 Å². The van der Waals surface area contributed by atoms with Gasteiger partial charge in [0.15, 0.2) is 0 Å². The molecule has 0 aliphatic heterocycles. The Morgan fingerprint density at radius 3 is 2.46 bits per heavy atom. The van der Waals surface area contributed by atoms with Gasteiger partial charge in [-0.25, -0.2) is 9.36 Å². The number of rotatable bonds is 3. The lowest BCUT2D eigenvalue weighted by molar-refractivity contribution is 0.430. The van der Waals surface area contributed by atoms with Crippen LogP contribution in [-0.4, -0.2) is 26.0 Å². The first-order valence-corrected chi connectivity index (χ1v) is 7.86. The summed E-state index contributed by atoms with van der Waals surface area (Å²) in [4.78, 5) is 30.5. The van der Waals surface area contributed by atoms with Gasteiger partial charge in [-0.2, -0.15) is 0 Å². The number of nitrogens with one attached hydrogen (secondary N) is 1. The molecule has 0 saturated carbocycles. The fraction of sp³-hybridized carbons (Fsp3) is 0.105. The van der Waals surface area contributed by atoms with E-state index in [9.17, 15) is 19.8 Å². The molecule has 7 nitrogen and oxygen atoms in total. The predicted molar refractivity (Wildman–Crippen MR) is 99.2 cm³/mol. The van der Waals surface area contributed by atoms with E-state index < -0.39 is 17.1 Å². The average Bonchev–Trinajstić information content (AvgIpc) is 2.59. The Morgan fingerprint density at radius 1 is 1.04 bits per heavy atom. The summed E-state index contributed by atoms with van der Waals surface area (Å²) < 4.78 is 1.00. The van der Waals surface area contributed by atoms with Crippen molar-refractivity contribution >= 4 is 11.9 Å². The first-order chi connectivity index (χ1) is 12.4. The molecule has 0 aliphatic rings. The maximum atomic E-state index is 12.2. The summed E-state index contributed by atoms with van der Waals surface area (Å²) in [5.74, 6) is -0.594. The Morgan fingerprint density at radius 2 is 1.77 bits per heavy atom. The third-order valence-electron chi connectivity index (χ3n) is 4.08. The van der Waals surface area contributed by atoms with Gasteiger partial charge in [0.1, 0.15) is 17.0 Å². The van der Waals surface area contributed by atoms with Gasteiger partial charge in [0.25, 0.3) is 5.56 Å². The van der Waals surface area contributed by atoms with Crippen molar-refractivity contribution in [3.05, 3.63) is 80.0 Å². The average molecular weight is 351 g/mol. The fourth-order valence-electron chi connectivity index (χ4n) is 2.47. The van der Waals surface area contributed by atoms with Crippen LogP contribution in [0.3, 0.4) is 0 Å². The lowest BCUT2D eigenvalue weighted by Gasteiger charge is -2.11. The van der Waals surface area contributed by atoms with Gasteiger partial charge in [-0.3, -0.25) is 14.8 Å². The van der Waals surface area contributed by atoms with Crippen LogP contribution in [0, 0.1) is 13.8 Å². The van der Waals surface area contributed by atoms with Crippen molar-refractivity contribution in [1.29, 1.82) is 0 Å². The van der Waals surface area contributed by atoms with Gasteiger partial charge in [0.2, 0.25) is 5.88 Å². The zero-order valence-electron chi connectivity index (χ0n) is 14.2. The Balaban J connectivity index is 2.16. The zero-order valence-corrected chi connectivity index (χ0v) is 14.2. The van der Waals surface area contributed by atoms with Crippen LogP contribution in [0.15, 0.2) is 57.0 Å². The molecule has 26 heavy (non-hydrogen) atoms. The minimum atomic E-state index is -0.772. The predicted octanol–water partition coefficient (Wildman–Crippen LogP) is 2.30. The first-order valence-electron chi connectivity index (χ1n) is 7.86. The van der Waals surface area contributed by atoms with E-state index >= 15 is 0 Å². The molecule has 1 aromatic heterocycles. The normalized spacial score (nSPS) is 11.2. The summed E-state index contributed by atoms with van der Waals surface area (Å²) in [5.41, 5.74) is 0.907. The summed E-state index contributed by atoms with van der Waals surface area (Å²) in [5, 5.41) is 20.2. The molecule has 0 atom stereocenters. The van der Waals surface area contributed by atoms with Crippen molar-refractivity contribution in [2.45, 2.75) is 13.8 Å². The zero-order chi connectivity index (χ0) is 18.8. The SMILES string of the molecule is Cc1ccc(-n2c(O)c(C=Nc3ccccc3O)c(=O)[nH]c2=O)cc1C. The fourth-order valence-corrected chi connectivity index (χ4v) is 2.47. The number of benzene rings is 2. The van der Waals surface area contributed by atoms with E-state index in [0.717, 1.165) is 21.9 Å². The van der Waals surface area contributed by atoms with Crippen LogP contribution in [-0.2, 0) is 0 Å². The molecule has 2 aromatic carbocycles. The number of nitrogens with zero attached hydrogens (tertiary/aromatic N) is 2. The largest absolute Gasteiger partial charge is 0.506 e. The molecule has 0 saturated heterocycles. The third kappa shape index (κ3) is 3.14. The van der Waals surface area contributed by atoms with E-state index in [1.807, 2.05) is 19.9 Å². The van der Waals surface area contributed by atoms with Crippen molar-refractivity contribution in [2.75, 3.05) is 0 Å². The second kappa shape index (κ2) is 6.72. The highest BCUT2D eigenvalue weighted by atomic mass is 16.3. The van der Waals surface area contributed by atoms with E-state index in [0.29, 0.717) is 5.69 Å². The molecule has 3 rings (SSSR count). The van der Waals surface area contributed by atoms with Crippen LogP contribution in [0.25, 0.3) is 5.69 Å². The number of hydrogen-bond acceptors (Lipinski definition) is 5. The summed E-state index contributed by atoms with van der Waals surface area (Å²) in [6, 6.07) is 11.5. The van der Waals surface area contributed by atoms with Gasteiger partial charge in [-0.15, -0.1) is 0 Å². The van der Waals surface area contributed by atoms with E-state index in [4.69, 9.17) is 0 Å². The standard InChI is InChI=1S/C19H17N3O4/c1-11-7-8-13(9-12(11)2)22-18(25)14(17(24)21-19(22)26)10-20-15-5-3-4-6-16(15)23/h3-10,23,25H,1-2H3,(H,21,24,26). The van der Waals surface area contributed by atoms with Crippen molar-refractivity contribution in [1.82, 2.24) is 9.55 Å². The van der Waals surface area contributed by atoms with Gasteiger partial charge in [0.05, 0.1) is 5.69 Å². The van der Waals surface area contributed by atoms with Crippen LogP contribution < -0.4 is 11.2 Å². The maximum Gasteiger partial charge on any atom is 0.335 e. The van der Waals surface area contributed by atoms with Crippen molar-refractivity contribution in [3.63, 3.8) is 0 Å².